The normalized spacial score (nSPS) is 11.1. The molecule has 0 saturated carbocycles. The molecule has 8 heteroatoms. The molecule has 1 N–H and O–H groups in total. The molecule has 5 nitrogen and oxygen atoms in total. The highest BCUT2D eigenvalue weighted by molar-refractivity contribution is 7.92. The number of para-hydroxylation sites is 1. The molecule has 0 aliphatic carbocycles. The van der Waals surface area contributed by atoms with E-state index in [9.17, 15) is 13.2 Å². The number of hydrogen-bond donors (Lipinski definition) is 1. The molecule has 23 heavy (non-hydrogen) atoms. The molecule has 122 valence electrons. The maximum absolute atomic E-state index is 12.5. The molecule has 0 bridgehead atoms. The van der Waals surface area contributed by atoms with Crippen molar-refractivity contribution >= 4 is 44.9 Å². The molecule has 2 aromatic carbocycles. The summed E-state index contributed by atoms with van der Waals surface area (Å²) in [5.74, 6) is -0.618. The van der Waals surface area contributed by atoms with E-state index in [1.54, 1.807) is 19.1 Å². The highest BCUT2D eigenvalue weighted by atomic mass is 35.5. The molecule has 0 aromatic heterocycles. The number of nitrogens with one attached hydrogen (secondary N) is 1. The quantitative estimate of drug-likeness (QED) is 0.804. The van der Waals surface area contributed by atoms with Crippen LogP contribution in [0.5, 0.6) is 0 Å². The summed E-state index contributed by atoms with van der Waals surface area (Å²) in [5, 5.41) is 0.305. The Hall–Kier alpha value is -1.76. The Bertz CT molecular complexity index is 837. The van der Waals surface area contributed by atoms with Crippen LogP contribution in [-0.4, -0.2) is 21.0 Å². The van der Waals surface area contributed by atoms with Crippen LogP contribution >= 0.6 is 23.2 Å². The van der Waals surface area contributed by atoms with E-state index in [0.29, 0.717) is 5.02 Å². The number of halogens is 2. The zero-order chi connectivity index (χ0) is 17.0. The van der Waals surface area contributed by atoms with Crippen molar-refractivity contribution in [3.63, 3.8) is 0 Å². The first-order valence-electron chi connectivity index (χ1n) is 6.59. The number of carbonyl (C=O) groups is 1. The van der Waals surface area contributed by atoms with Crippen molar-refractivity contribution in [3.8, 4) is 0 Å². The van der Waals surface area contributed by atoms with Gasteiger partial charge in [0, 0.05) is 5.02 Å². The summed E-state index contributed by atoms with van der Waals surface area (Å²) in [6, 6.07) is 10.2. The molecule has 0 radical (unpaired) electrons. The molecule has 0 aliphatic rings. The van der Waals surface area contributed by atoms with Crippen molar-refractivity contribution in [2.45, 2.75) is 11.8 Å². The van der Waals surface area contributed by atoms with Crippen LogP contribution in [0.3, 0.4) is 0 Å². The Morgan fingerprint density at radius 1 is 1.17 bits per heavy atom. The summed E-state index contributed by atoms with van der Waals surface area (Å²) < 4.78 is 32.2. The first-order chi connectivity index (χ1) is 10.8. The zero-order valence-corrected chi connectivity index (χ0v) is 14.4. The van der Waals surface area contributed by atoms with Crippen LogP contribution in [0.1, 0.15) is 17.3 Å². The molecule has 0 unspecified atom stereocenters. The van der Waals surface area contributed by atoms with Gasteiger partial charge in [-0.2, -0.15) is 0 Å². The fourth-order valence-electron chi connectivity index (χ4n) is 1.85. The van der Waals surface area contributed by atoms with E-state index in [0.717, 1.165) is 0 Å². The third kappa shape index (κ3) is 4.16. The molecule has 0 saturated heterocycles. The predicted molar refractivity (Wildman–Crippen MR) is 89.7 cm³/mol. The van der Waals surface area contributed by atoms with Crippen molar-refractivity contribution in [2.24, 2.45) is 0 Å². The Morgan fingerprint density at radius 3 is 2.52 bits per heavy atom. The van der Waals surface area contributed by atoms with Gasteiger partial charge in [-0.1, -0.05) is 35.3 Å². The van der Waals surface area contributed by atoms with Gasteiger partial charge in [-0.3, -0.25) is 4.72 Å². The minimum atomic E-state index is -3.98. The van der Waals surface area contributed by atoms with Crippen molar-refractivity contribution in [2.75, 3.05) is 11.3 Å². The number of hydrogen-bond acceptors (Lipinski definition) is 4. The van der Waals surface area contributed by atoms with E-state index in [1.165, 1.54) is 30.3 Å². The number of benzene rings is 2. The van der Waals surface area contributed by atoms with E-state index in [1.807, 2.05) is 0 Å². The van der Waals surface area contributed by atoms with Gasteiger partial charge in [0.2, 0.25) is 0 Å². The second kappa shape index (κ2) is 7.21. The monoisotopic (exact) mass is 373 g/mol. The van der Waals surface area contributed by atoms with Crippen LogP contribution in [0.4, 0.5) is 5.69 Å². The molecule has 0 atom stereocenters. The second-order valence-electron chi connectivity index (χ2n) is 4.45. The fraction of sp³-hybridized carbons (Fsp3) is 0.133. The third-order valence-corrected chi connectivity index (χ3v) is 4.93. The van der Waals surface area contributed by atoms with E-state index in [-0.39, 0.29) is 27.8 Å². The van der Waals surface area contributed by atoms with E-state index in [4.69, 9.17) is 27.9 Å². The number of sulfonamides is 1. The van der Waals surface area contributed by atoms with E-state index >= 15 is 0 Å². The van der Waals surface area contributed by atoms with Crippen LogP contribution in [0, 0.1) is 0 Å². The smallest absolute Gasteiger partial charge is 0.340 e. The fourth-order valence-corrected chi connectivity index (χ4v) is 3.71. The van der Waals surface area contributed by atoms with Crippen molar-refractivity contribution in [1.82, 2.24) is 0 Å². The predicted octanol–water partition coefficient (Wildman–Crippen LogP) is 3.97. The first kappa shape index (κ1) is 17.6. The van der Waals surface area contributed by atoms with Crippen molar-refractivity contribution in [3.05, 3.63) is 58.1 Å². The van der Waals surface area contributed by atoms with Crippen molar-refractivity contribution in [1.29, 1.82) is 0 Å². The standard InChI is InChI=1S/C15H13Cl2NO4S/c1-2-22-15(19)11-5-3-4-6-13(11)18-23(20,21)14-8-7-10(16)9-12(14)17/h3-9,18H,2H2,1H3. The Labute approximate surface area is 144 Å². The maximum Gasteiger partial charge on any atom is 0.340 e. The largest absolute Gasteiger partial charge is 0.462 e. The van der Waals surface area contributed by atoms with Gasteiger partial charge in [-0.15, -0.1) is 0 Å². The Kier molecular flexibility index (Phi) is 5.51. The van der Waals surface area contributed by atoms with Crippen LogP contribution < -0.4 is 4.72 Å². The Morgan fingerprint density at radius 2 is 1.87 bits per heavy atom. The molecule has 2 aromatic rings. The summed E-state index contributed by atoms with van der Waals surface area (Å²) >= 11 is 11.7. The van der Waals surface area contributed by atoms with Crippen molar-refractivity contribution < 1.29 is 17.9 Å². The SMILES string of the molecule is CCOC(=O)c1ccccc1NS(=O)(=O)c1ccc(Cl)cc1Cl. The number of carbonyl (C=O) groups excluding carboxylic acids is 1. The average molecular weight is 374 g/mol. The third-order valence-electron chi connectivity index (χ3n) is 2.85. The van der Waals surface area contributed by atoms with Crippen LogP contribution in [0.15, 0.2) is 47.4 Å². The molecule has 0 aliphatic heterocycles. The number of anilines is 1. The lowest BCUT2D eigenvalue weighted by Gasteiger charge is -2.12. The summed E-state index contributed by atoms with van der Waals surface area (Å²) in [6.07, 6.45) is 0. The zero-order valence-electron chi connectivity index (χ0n) is 12.0. The number of esters is 1. The molecule has 2 rings (SSSR count). The maximum atomic E-state index is 12.5. The van der Waals surface area contributed by atoms with Gasteiger partial charge >= 0.3 is 5.97 Å². The molecule has 0 heterocycles. The van der Waals surface area contributed by atoms with Crippen LogP contribution in [0.2, 0.25) is 10.0 Å². The van der Waals surface area contributed by atoms with Gasteiger partial charge in [0.25, 0.3) is 10.0 Å². The first-order valence-corrected chi connectivity index (χ1v) is 8.83. The number of rotatable bonds is 5. The molecular formula is C15H13Cl2NO4S. The molecular weight excluding hydrogens is 361 g/mol. The summed E-state index contributed by atoms with van der Waals surface area (Å²) in [5.41, 5.74) is 0.222. The lowest BCUT2D eigenvalue weighted by atomic mass is 10.2. The highest BCUT2D eigenvalue weighted by Gasteiger charge is 2.21. The Balaban J connectivity index is 2.40. The summed E-state index contributed by atoms with van der Waals surface area (Å²) in [6.45, 7) is 1.85. The molecule has 0 amide bonds. The molecule has 0 spiro atoms. The summed E-state index contributed by atoms with van der Waals surface area (Å²) in [7, 11) is -3.98. The second-order valence-corrected chi connectivity index (χ2v) is 6.94. The van der Waals surface area contributed by atoms with Gasteiger partial charge in [0.15, 0.2) is 0 Å². The topological polar surface area (TPSA) is 72.5 Å². The molecule has 0 fully saturated rings. The van der Waals surface area contributed by atoms with Gasteiger partial charge < -0.3 is 4.74 Å². The van der Waals surface area contributed by atoms with E-state index in [2.05, 4.69) is 4.72 Å². The summed E-state index contributed by atoms with van der Waals surface area (Å²) in [4.78, 5) is 11.8. The lowest BCUT2D eigenvalue weighted by molar-refractivity contribution is 0.0527. The van der Waals surface area contributed by atoms with Crippen LogP contribution in [-0.2, 0) is 14.8 Å². The highest BCUT2D eigenvalue weighted by Crippen LogP contribution is 2.27. The number of ether oxygens (including phenoxy) is 1. The minimum absolute atomic E-state index is 0.0152. The lowest BCUT2D eigenvalue weighted by Crippen LogP contribution is -2.16. The van der Waals surface area contributed by atoms with Gasteiger partial charge in [0.05, 0.1) is 22.9 Å². The van der Waals surface area contributed by atoms with Gasteiger partial charge in [-0.05, 0) is 37.3 Å². The van der Waals surface area contributed by atoms with Crippen LogP contribution in [0.25, 0.3) is 0 Å². The minimum Gasteiger partial charge on any atom is -0.462 e. The van der Waals surface area contributed by atoms with Gasteiger partial charge in [-0.25, -0.2) is 13.2 Å². The van der Waals surface area contributed by atoms with Gasteiger partial charge in [0.1, 0.15) is 4.90 Å². The van der Waals surface area contributed by atoms with E-state index < -0.39 is 16.0 Å². The average Bonchev–Trinajstić information content (AvgIpc) is 2.47.